The second-order valence-electron chi connectivity index (χ2n) is 0. The van der Waals surface area contributed by atoms with E-state index in [-0.39, 0.29) is 35.6 Å². The third-order valence-corrected chi connectivity index (χ3v) is 0. The molecule has 0 unspecified atom stereocenters. The van der Waals surface area contributed by atoms with Crippen LogP contribution in [-0.2, 0) is 25.1 Å². The zero-order chi connectivity index (χ0) is 4.00. The summed E-state index contributed by atoms with van der Waals surface area (Å²) in [6, 6.07) is 0. The van der Waals surface area contributed by atoms with Crippen molar-refractivity contribution >= 4 is 25.1 Å². The Kier molecular flexibility index (Phi) is 201. The van der Waals surface area contributed by atoms with E-state index in [1.54, 1.807) is 0 Å². The van der Waals surface area contributed by atoms with Gasteiger partial charge in [0, 0.05) is 35.6 Å². The summed E-state index contributed by atoms with van der Waals surface area (Å²) in [6.45, 7) is 0. The molecule has 0 aliphatic heterocycles. The van der Waals surface area contributed by atoms with E-state index < -0.39 is 0 Å². The Morgan fingerprint density at radius 3 is 0.800 bits per heavy atom. The van der Waals surface area contributed by atoms with Crippen molar-refractivity contribution in [3.05, 3.63) is 0 Å². The summed E-state index contributed by atoms with van der Waals surface area (Å²) in [5, 5.41) is 0. The monoisotopic (exact) mass is 235 g/mol. The van der Waals surface area contributed by atoms with E-state index >= 15 is 0 Å². The van der Waals surface area contributed by atoms with Crippen molar-refractivity contribution in [2.24, 2.45) is 0 Å². The van der Waals surface area contributed by atoms with Gasteiger partial charge in [-0.05, 0) is 0 Å². The van der Waals surface area contributed by atoms with Crippen molar-refractivity contribution < 1.29 is 44.0 Å². The van der Waals surface area contributed by atoms with Gasteiger partial charge in [-0.25, -0.2) is 0 Å². The van der Waals surface area contributed by atoms with E-state index in [0.29, 0.717) is 0 Å². The first-order valence-corrected chi connectivity index (χ1v) is 1.00. The first-order valence-electron chi connectivity index (χ1n) is 0.333. The van der Waals surface area contributed by atoms with Gasteiger partial charge in [0.2, 0.25) is 0 Å². The molecule has 0 fully saturated rings. The molecule has 0 spiro atoms. The van der Waals surface area contributed by atoms with Crippen LogP contribution in [0.5, 0.6) is 0 Å². The summed E-state index contributed by atoms with van der Waals surface area (Å²) in [7, 11) is 0. The Morgan fingerprint density at radius 1 is 0.800 bits per heavy atom. The number of hydrogen-bond donors (Lipinski definition) is 0. The van der Waals surface area contributed by atoms with Crippen LogP contribution < -0.4 is 0 Å². The maximum atomic E-state index is 7.83. The van der Waals surface area contributed by atoms with Gasteiger partial charge in [-0.2, -0.15) is 8.42 Å². The third kappa shape index (κ3) is 35.9. The number of rotatable bonds is 0. The van der Waals surface area contributed by atoms with E-state index in [4.69, 9.17) is 8.42 Å². The van der Waals surface area contributed by atoms with Crippen LogP contribution in [0.25, 0.3) is 0 Å². The van der Waals surface area contributed by atoms with Crippen molar-refractivity contribution in [1.29, 1.82) is 0 Å². The maximum absolute atomic E-state index is 7.83. The minimum absolute atomic E-state index is 0. The summed E-state index contributed by atoms with van der Waals surface area (Å²) in [6.07, 6.45) is 0. The molecule has 0 aromatic carbocycles. The largest absolute Gasteiger partial charge is 0.197 e. The molecule has 5 heteroatoms. The molecule has 0 aliphatic carbocycles. The van der Waals surface area contributed by atoms with Crippen molar-refractivity contribution in [1.82, 2.24) is 0 Å². The Morgan fingerprint density at radius 2 is 0.800 bits per heavy atom. The standard InChI is InChI=1S/La.2OS/c;2*1-2. The topological polar surface area (TPSA) is 34.1 Å². The summed E-state index contributed by atoms with van der Waals surface area (Å²) < 4.78 is 15.7. The Hall–Kier alpha value is 1.23. The van der Waals surface area contributed by atoms with Crippen LogP contribution in [0.2, 0.25) is 0 Å². The van der Waals surface area contributed by atoms with Gasteiger partial charge in [0.1, 0.15) is 0 Å². The van der Waals surface area contributed by atoms with Crippen molar-refractivity contribution in [2.75, 3.05) is 0 Å². The Labute approximate surface area is 68.4 Å². The van der Waals surface area contributed by atoms with E-state index in [1.165, 1.54) is 0 Å². The fraction of sp³-hybridized carbons (Fsp3) is 0. The van der Waals surface area contributed by atoms with Crippen molar-refractivity contribution in [3.8, 4) is 0 Å². The van der Waals surface area contributed by atoms with Gasteiger partial charge < -0.3 is 0 Å². The van der Waals surface area contributed by atoms with Crippen molar-refractivity contribution in [3.63, 3.8) is 0 Å². The molecular formula is LaO2S2. The molecule has 2 nitrogen and oxygen atoms in total. The Bertz CT molecular complexity index is 9.61. The average Bonchev–Trinajstić information content (AvgIpc) is 1.50. The van der Waals surface area contributed by atoms with Crippen molar-refractivity contribution in [2.45, 2.75) is 0 Å². The minimum atomic E-state index is 0. The molecule has 5 heavy (non-hydrogen) atoms. The van der Waals surface area contributed by atoms with Gasteiger partial charge in [-0.15, -0.1) is 0 Å². The maximum Gasteiger partial charge on any atom is 0.197 e. The predicted molar refractivity (Wildman–Crippen MR) is 16.3 cm³/mol. The van der Waals surface area contributed by atoms with Gasteiger partial charge in [0.05, 0.1) is 0 Å². The summed E-state index contributed by atoms with van der Waals surface area (Å²) in [5.74, 6) is 0. The molecule has 27 valence electrons. The fourth-order valence-electron chi connectivity index (χ4n) is 0. The van der Waals surface area contributed by atoms with Gasteiger partial charge in [0.25, 0.3) is 0 Å². The van der Waals surface area contributed by atoms with Crippen LogP contribution in [-0.4, -0.2) is 8.42 Å². The molecule has 0 saturated heterocycles. The average molecular weight is 235 g/mol. The first-order chi connectivity index (χ1) is 2.00. The van der Waals surface area contributed by atoms with E-state index in [9.17, 15) is 0 Å². The smallest absolute Gasteiger partial charge is 0.197 e. The van der Waals surface area contributed by atoms with E-state index in [0.717, 1.165) is 0 Å². The zero-order valence-electron chi connectivity index (χ0n) is 2.21. The molecule has 0 aromatic rings. The summed E-state index contributed by atoms with van der Waals surface area (Å²) >= 11 is 5.67. The second kappa shape index (κ2) is 61.6. The zero-order valence-corrected chi connectivity index (χ0v) is 7.47. The molecule has 0 aliphatic rings. The van der Waals surface area contributed by atoms with E-state index in [1.807, 2.05) is 0 Å². The molecule has 0 heterocycles. The number of hydrogen-bond acceptors (Lipinski definition) is 4. The quantitative estimate of drug-likeness (QED) is 0.557. The molecule has 0 atom stereocenters. The summed E-state index contributed by atoms with van der Waals surface area (Å²) in [5.41, 5.74) is 0. The van der Waals surface area contributed by atoms with Crippen LogP contribution >= 0.6 is 0 Å². The van der Waals surface area contributed by atoms with Gasteiger partial charge in [-0.1, -0.05) is 0 Å². The molecule has 0 aromatic heterocycles. The molecule has 0 N–H and O–H groups in total. The van der Waals surface area contributed by atoms with Crippen LogP contribution in [0.4, 0.5) is 0 Å². The van der Waals surface area contributed by atoms with Gasteiger partial charge in [-0.3, -0.25) is 0 Å². The Balaban J connectivity index is -0.0000000133. The fourth-order valence-corrected chi connectivity index (χ4v) is 0. The van der Waals surface area contributed by atoms with Gasteiger partial charge >= 0.3 is 0 Å². The normalized spacial score (nSPS) is 1.60. The molecule has 0 bridgehead atoms. The third-order valence-electron chi connectivity index (χ3n) is 0. The van der Waals surface area contributed by atoms with Gasteiger partial charge in [0.15, 0.2) is 25.1 Å². The molecule has 1 radical (unpaired) electrons. The SMILES string of the molecule is O=S.O=S.[La]. The van der Waals surface area contributed by atoms with E-state index in [2.05, 4.69) is 25.1 Å². The van der Waals surface area contributed by atoms with Crippen LogP contribution in [0.15, 0.2) is 0 Å². The summed E-state index contributed by atoms with van der Waals surface area (Å²) in [4.78, 5) is 0. The molecular weight excluding hydrogens is 235 g/mol. The molecule has 0 rings (SSSR count). The molecule has 0 amide bonds. The van der Waals surface area contributed by atoms with Crippen LogP contribution in [0.3, 0.4) is 0 Å². The predicted octanol–water partition coefficient (Wildman–Crippen LogP) is -0.673. The van der Waals surface area contributed by atoms with Crippen LogP contribution in [0, 0.1) is 35.6 Å². The second-order valence-corrected chi connectivity index (χ2v) is 0. The van der Waals surface area contributed by atoms with Crippen LogP contribution in [0.1, 0.15) is 0 Å². The molecule has 0 saturated carbocycles. The minimum Gasteiger partial charge on any atom is -0.197 e. The first kappa shape index (κ1) is 16.3.